The summed E-state index contributed by atoms with van der Waals surface area (Å²) in [5, 5.41) is 2.67. The number of rotatable bonds is 7. The van der Waals surface area contributed by atoms with Crippen LogP contribution in [-0.2, 0) is 11.3 Å². The quantitative estimate of drug-likeness (QED) is 0.422. The molecule has 0 saturated carbocycles. The second kappa shape index (κ2) is 9.76. The summed E-state index contributed by atoms with van der Waals surface area (Å²) < 4.78 is 16.8. The maximum Gasteiger partial charge on any atom is 0.338 e. The second-order valence-corrected chi connectivity index (χ2v) is 10.0. The molecule has 0 aliphatic carbocycles. The van der Waals surface area contributed by atoms with Crippen LogP contribution < -0.4 is 9.47 Å². The van der Waals surface area contributed by atoms with Gasteiger partial charge in [0, 0.05) is 16.9 Å². The predicted molar refractivity (Wildman–Crippen MR) is 124 cm³/mol. The Morgan fingerprint density at radius 3 is 2.53 bits per heavy atom. The van der Waals surface area contributed by atoms with E-state index in [1.807, 2.05) is 71.4 Å². The van der Waals surface area contributed by atoms with Crippen molar-refractivity contribution in [1.29, 1.82) is 0 Å². The summed E-state index contributed by atoms with van der Waals surface area (Å²) in [6.07, 6.45) is 0. The van der Waals surface area contributed by atoms with Gasteiger partial charge in [-0.05, 0) is 29.8 Å². The van der Waals surface area contributed by atoms with Gasteiger partial charge in [-0.3, -0.25) is 0 Å². The molecule has 0 unspecified atom stereocenters. The van der Waals surface area contributed by atoms with E-state index in [-0.39, 0.29) is 12.6 Å². The Morgan fingerprint density at radius 2 is 1.83 bits per heavy atom. The van der Waals surface area contributed by atoms with Crippen molar-refractivity contribution in [3.63, 3.8) is 0 Å². The first kappa shape index (κ1) is 21.1. The number of aromatic nitrogens is 1. The Bertz CT molecular complexity index is 1010. The minimum absolute atomic E-state index is 0.123. The molecule has 1 fully saturated rings. The fraction of sp³-hybridized carbons (Fsp3) is 0.273. The van der Waals surface area contributed by atoms with Crippen molar-refractivity contribution < 1.29 is 19.0 Å². The maximum absolute atomic E-state index is 12.4. The highest BCUT2D eigenvalue weighted by Gasteiger charge is 2.19. The van der Waals surface area contributed by atoms with E-state index < -0.39 is 0 Å². The van der Waals surface area contributed by atoms with Crippen LogP contribution in [0.25, 0.3) is 10.6 Å². The first-order valence-electron chi connectivity index (χ1n) is 9.35. The van der Waals surface area contributed by atoms with Crippen molar-refractivity contribution in [3.05, 3.63) is 64.7 Å². The average Bonchev–Trinajstić information content (AvgIpc) is 3.49. The summed E-state index contributed by atoms with van der Waals surface area (Å²) in [7, 11) is 3.21. The number of carbonyl (C=O) groups is 1. The third kappa shape index (κ3) is 4.61. The number of hydrogen-bond acceptors (Lipinski definition) is 8. The molecule has 3 aromatic rings. The molecule has 156 valence electrons. The third-order valence-electron chi connectivity index (χ3n) is 4.58. The molecule has 0 N–H and O–H groups in total. The van der Waals surface area contributed by atoms with Gasteiger partial charge in [-0.25, -0.2) is 9.78 Å². The Labute approximate surface area is 188 Å². The van der Waals surface area contributed by atoms with Gasteiger partial charge in [0.05, 0.1) is 35.6 Å². The molecule has 2 aromatic carbocycles. The lowest BCUT2D eigenvalue weighted by Crippen LogP contribution is -2.05. The molecule has 1 aliphatic rings. The lowest BCUT2D eigenvalue weighted by Gasteiger charge is -2.10. The standard InChI is InChI=1S/C22H21NO4S3/c1-25-18-5-3-4-17(19(18)26-2)20-23-16(13-30-20)12-27-21(24)14-6-8-15(9-7-14)22-28-10-11-29-22/h3-9,13,22H,10-12H2,1-2H3. The Balaban J connectivity index is 1.40. The predicted octanol–water partition coefficient (Wildman–Crippen LogP) is 5.66. The topological polar surface area (TPSA) is 57.7 Å². The third-order valence-corrected chi connectivity index (χ3v) is 8.61. The number of thiazole rings is 1. The van der Waals surface area contributed by atoms with Crippen molar-refractivity contribution in [1.82, 2.24) is 4.98 Å². The number of nitrogens with zero attached hydrogens (tertiary/aromatic N) is 1. The number of para-hydroxylation sites is 1. The highest BCUT2D eigenvalue weighted by molar-refractivity contribution is 8.19. The van der Waals surface area contributed by atoms with Crippen LogP contribution in [0.3, 0.4) is 0 Å². The lowest BCUT2D eigenvalue weighted by atomic mass is 10.1. The van der Waals surface area contributed by atoms with Crippen LogP contribution in [0.5, 0.6) is 11.5 Å². The number of hydrogen-bond donors (Lipinski definition) is 0. The zero-order chi connectivity index (χ0) is 20.9. The summed E-state index contributed by atoms with van der Waals surface area (Å²) in [6.45, 7) is 0.123. The van der Waals surface area contributed by atoms with Crippen LogP contribution >= 0.6 is 34.9 Å². The molecule has 0 atom stereocenters. The fourth-order valence-corrected chi connectivity index (χ4v) is 6.79. The number of carbonyl (C=O) groups excluding carboxylic acids is 1. The van der Waals surface area contributed by atoms with Gasteiger partial charge >= 0.3 is 5.97 Å². The summed E-state index contributed by atoms with van der Waals surface area (Å²) in [5.41, 5.74) is 3.34. The van der Waals surface area contributed by atoms with Gasteiger partial charge in [-0.1, -0.05) is 18.2 Å². The van der Waals surface area contributed by atoms with Gasteiger partial charge in [0.15, 0.2) is 11.5 Å². The van der Waals surface area contributed by atoms with E-state index >= 15 is 0 Å². The van der Waals surface area contributed by atoms with Crippen LogP contribution in [-0.4, -0.2) is 36.7 Å². The summed E-state index contributed by atoms with van der Waals surface area (Å²) >= 11 is 5.36. The molecule has 4 rings (SSSR count). The molecular formula is C22H21NO4S3. The maximum atomic E-state index is 12.4. The number of thioether (sulfide) groups is 2. The SMILES string of the molecule is COc1cccc(-c2nc(COC(=O)c3ccc(C4SCCS4)cc3)cs2)c1OC. The van der Waals surface area contributed by atoms with Crippen LogP contribution in [0.1, 0.15) is 26.2 Å². The fourth-order valence-electron chi connectivity index (χ4n) is 3.10. The van der Waals surface area contributed by atoms with Crippen molar-refractivity contribution in [3.8, 4) is 22.1 Å². The Hall–Kier alpha value is -2.16. The minimum atomic E-state index is -0.346. The van der Waals surface area contributed by atoms with Crippen molar-refractivity contribution in [2.45, 2.75) is 11.2 Å². The molecule has 1 aromatic heterocycles. The largest absolute Gasteiger partial charge is 0.493 e. The summed E-state index contributed by atoms with van der Waals surface area (Å²) in [4.78, 5) is 17.0. The molecule has 8 heteroatoms. The molecule has 5 nitrogen and oxygen atoms in total. The van der Waals surface area contributed by atoms with Gasteiger partial charge in [0.1, 0.15) is 11.6 Å². The number of benzene rings is 2. The second-order valence-electron chi connectivity index (χ2n) is 6.46. The lowest BCUT2D eigenvalue weighted by molar-refractivity contribution is 0.0468. The van der Waals surface area contributed by atoms with Gasteiger partial charge in [-0.2, -0.15) is 0 Å². The van der Waals surface area contributed by atoms with Gasteiger partial charge in [0.2, 0.25) is 0 Å². The molecule has 2 heterocycles. The van der Waals surface area contributed by atoms with Gasteiger partial charge < -0.3 is 14.2 Å². The molecule has 1 aliphatic heterocycles. The van der Waals surface area contributed by atoms with E-state index in [1.54, 1.807) is 14.2 Å². The average molecular weight is 460 g/mol. The van der Waals surface area contributed by atoms with E-state index in [0.717, 1.165) is 10.6 Å². The van der Waals surface area contributed by atoms with Crippen LogP contribution in [0.4, 0.5) is 0 Å². The van der Waals surface area contributed by atoms with Crippen LogP contribution in [0, 0.1) is 0 Å². The van der Waals surface area contributed by atoms with Crippen molar-refractivity contribution in [2.24, 2.45) is 0 Å². The zero-order valence-electron chi connectivity index (χ0n) is 16.6. The molecule has 1 saturated heterocycles. The molecule has 0 spiro atoms. The van der Waals surface area contributed by atoms with Crippen molar-refractivity contribution in [2.75, 3.05) is 25.7 Å². The Morgan fingerprint density at radius 1 is 1.07 bits per heavy atom. The normalized spacial score (nSPS) is 13.9. The molecular weight excluding hydrogens is 438 g/mol. The van der Waals surface area contributed by atoms with E-state index in [2.05, 4.69) is 4.98 Å². The monoisotopic (exact) mass is 459 g/mol. The van der Waals surface area contributed by atoms with E-state index in [4.69, 9.17) is 14.2 Å². The summed E-state index contributed by atoms with van der Waals surface area (Å²) in [6, 6.07) is 13.4. The van der Waals surface area contributed by atoms with Crippen molar-refractivity contribution >= 4 is 40.8 Å². The molecule has 0 bridgehead atoms. The first-order chi connectivity index (χ1) is 14.7. The highest BCUT2D eigenvalue weighted by Crippen LogP contribution is 2.45. The summed E-state index contributed by atoms with van der Waals surface area (Å²) in [5.74, 6) is 3.29. The van der Waals surface area contributed by atoms with Gasteiger partial charge in [-0.15, -0.1) is 34.9 Å². The molecule has 0 amide bonds. The van der Waals surface area contributed by atoms with Crippen LogP contribution in [0.15, 0.2) is 47.8 Å². The number of ether oxygens (including phenoxy) is 3. The molecule has 30 heavy (non-hydrogen) atoms. The first-order valence-corrected chi connectivity index (χ1v) is 12.3. The number of methoxy groups -OCH3 is 2. The van der Waals surface area contributed by atoms with E-state index in [1.165, 1.54) is 28.4 Å². The molecule has 0 radical (unpaired) electrons. The van der Waals surface area contributed by atoms with E-state index in [0.29, 0.717) is 27.3 Å². The zero-order valence-corrected chi connectivity index (χ0v) is 19.1. The highest BCUT2D eigenvalue weighted by atomic mass is 32.2. The Kier molecular flexibility index (Phi) is 6.86. The van der Waals surface area contributed by atoms with E-state index in [9.17, 15) is 4.79 Å². The van der Waals surface area contributed by atoms with Crippen LogP contribution in [0.2, 0.25) is 0 Å². The minimum Gasteiger partial charge on any atom is -0.493 e. The smallest absolute Gasteiger partial charge is 0.338 e. The number of esters is 1. The van der Waals surface area contributed by atoms with Gasteiger partial charge in [0.25, 0.3) is 0 Å².